The second-order valence-electron chi connectivity index (χ2n) is 5.94. The molecule has 0 aliphatic heterocycles. The zero-order valence-corrected chi connectivity index (χ0v) is 12.6. The summed E-state index contributed by atoms with van der Waals surface area (Å²) in [4.78, 5) is 4.36. The van der Waals surface area contributed by atoms with Gasteiger partial charge in [-0.05, 0) is 25.1 Å². The number of hydrogen-bond acceptors (Lipinski definition) is 2. The summed E-state index contributed by atoms with van der Waals surface area (Å²) < 4.78 is 8.17. The van der Waals surface area contributed by atoms with E-state index in [0.717, 1.165) is 5.69 Å². The molecule has 1 heterocycles. The third-order valence-corrected chi connectivity index (χ3v) is 8.19. The van der Waals surface area contributed by atoms with E-state index in [1.807, 2.05) is 17.9 Å². The summed E-state index contributed by atoms with van der Waals surface area (Å²) in [5.41, 5.74) is 2.26. The van der Waals surface area contributed by atoms with Crippen LogP contribution in [0.15, 0.2) is 6.33 Å². The van der Waals surface area contributed by atoms with Gasteiger partial charge < -0.3 is 8.99 Å². The highest BCUT2D eigenvalue weighted by atomic mass is 28.4. The van der Waals surface area contributed by atoms with Gasteiger partial charge in [-0.15, -0.1) is 0 Å². The Balaban J connectivity index is 2.69. The average molecular weight is 240 g/mol. The van der Waals surface area contributed by atoms with Crippen LogP contribution in [0.4, 0.5) is 0 Å². The Morgan fingerprint density at radius 3 is 2.31 bits per heavy atom. The van der Waals surface area contributed by atoms with E-state index in [4.69, 9.17) is 4.43 Å². The van der Waals surface area contributed by atoms with Crippen LogP contribution >= 0.6 is 0 Å². The fraction of sp³-hybridized carbons (Fsp3) is 0.750. The summed E-state index contributed by atoms with van der Waals surface area (Å²) >= 11 is 0. The van der Waals surface area contributed by atoms with E-state index >= 15 is 0 Å². The van der Waals surface area contributed by atoms with Crippen LogP contribution in [0, 0.1) is 6.92 Å². The Kier molecular flexibility index (Phi) is 3.64. The minimum absolute atomic E-state index is 0.260. The maximum absolute atomic E-state index is 6.14. The van der Waals surface area contributed by atoms with Crippen molar-refractivity contribution >= 4 is 8.32 Å². The van der Waals surface area contributed by atoms with Crippen molar-refractivity contribution < 1.29 is 4.43 Å². The molecule has 3 nitrogen and oxygen atoms in total. The molecular formula is C12H24N2OSi. The Morgan fingerprint density at radius 2 is 1.94 bits per heavy atom. The molecule has 0 atom stereocenters. The fourth-order valence-electron chi connectivity index (χ4n) is 1.15. The summed E-state index contributed by atoms with van der Waals surface area (Å²) in [5.74, 6) is 0. The van der Waals surface area contributed by atoms with Gasteiger partial charge in [0.25, 0.3) is 0 Å². The van der Waals surface area contributed by atoms with Gasteiger partial charge in [-0.2, -0.15) is 0 Å². The van der Waals surface area contributed by atoms with Crippen molar-refractivity contribution in [2.75, 3.05) is 0 Å². The first-order valence-electron chi connectivity index (χ1n) is 5.76. The first kappa shape index (κ1) is 13.5. The van der Waals surface area contributed by atoms with Crippen LogP contribution in [0.25, 0.3) is 0 Å². The van der Waals surface area contributed by atoms with Gasteiger partial charge in [0.05, 0.1) is 18.6 Å². The second kappa shape index (κ2) is 4.34. The molecule has 1 aromatic rings. The van der Waals surface area contributed by atoms with Crippen molar-refractivity contribution in [3.05, 3.63) is 17.7 Å². The minimum Gasteiger partial charge on any atom is -0.411 e. The minimum atomic E-state index is -1.65. The largest absolute Gasteiger partial charge is 0.411 e. The lowest BCUT2D eigenvalue weighted by Gasteiger charge is -2.36. The Hall–Kier alpha value is -0.613. The van der Waals surface area contributed by atoms with E-state index in [0.29, 0.717) is 6.61 Å². The second-order valence-corrected chi connectivity index (χ2v) is 10.7. The Bertz CT molecular complexity index is 364. The molecule has 0 unspecified atom stereocenters. The maximum atomic E-state index is 6.14. The van der Waals surface area contributed by atoms with Crippen LogP contribution < -0.4 is 0 Å². The number of nitrogens with zero attached hydrogens (tertiary/aromatic N) is 2. The fourth-order valence-corrected chi connectivity index (χ4v) is 2.08. The van der Waals surface area contributed by atoms with E-state index in [1.165, 1.54) is 5.69 Å². The van der Waals surface area contributed by atoms with Crippen LogP contribution in [-0.4, -0.2) is 17.9 Å². The number of imidazole rings is 1. The molecule has 0 aliphatic rings. The van der Waals surface area contributed by atoms with Crippen molar-refractivity contribution in [2.45, 2.75) is 52.4 Å². The maximum Gasteiger partial charge on any atom is 0.192 e. The molecule has 0 spiro atoms. The summed E-state index contributed by atoms with van der Waals surface area (Å²) in [6, 6.07) is 0. The Labute approximate surface area is 100.0 Å². The van der Waals surface area contributed by atoms with Crippen molar-refractivity contribution in [2.24, 2.45) is 7.05 Å². The summed E-state index contributed by atoms with van der Waals surface area (Å²) in [6.45, 7) is 14.0. The first-order valence-corrected chi connectivity index (χ1v) is 8.67. The van der Waals surface area contributed by atoms with E-state index in [9.17, 15) is 0 Å². The van der Waals surface area contributed by atoms with E-state index in [1.54, 1.807) is 0 Å². The molecule has 1 rings (SSSR count). The van der Waals surface area contributed by atoms with Crippen molar-refractivity contribution in [1.29, 1.82) is 0 Å². The molecule has 92 valence electrons. The molecule has 1 aromatic heterocycles. The molecule has 0 amide bonds. The highest BCUT2D eigenvalue weighted by Gasteiger charge is 2.37. The standard InChI is InChI=1S/C12H24N2OSi/c1-10-11(13-9-14(10)5)8-15-16(6,7)12(2,3)4/h9H,8H2,1-7H3. The molecular weight excluding hydrogens is 216 g/mol. The lowest BCUT2D eigenvalue weighted by atomic mass is 10.2. The van der Waals surface area contributed by atoms with Crippen LogP contribution in [0.2, 0.25) is 18.1 Å². The van der Waals surface area contributed by atoms with E-state index in [-0.39, 0.29) is 5.04 Å². The third-order valence-electron chi connectivity index (χ3n) is 3.71. The molecule has 0 bridgehead atoms. The zero-order chi connectivity index (χ0) is 12.6. The molecule has 4 heteroatoms. The molecule has 0 N–H and O–H groups in total. The van der Waals surface area contributed by atoms with E-state index in [2.05, 4.69) is 45.8 Å². The zero-order valence-electron chi connectivity index (χ0n) is 11.6. The molecule has 0 radical (unpaired) electrons. The van der Waals surface area contributed by atoms with Gasteiger partial charge in [0.1, 0.15) is 0 Å². The summed E-state index contributed by atoms with van der Waals surface area (Å²) in [5, 5.41) is 0.260. The quantitative estimate of drug-likeness (QED) is 0.758. The highest BCUT2D eigenvalue weighted by Crippen LogP contribution is 2.37. The topological polar surface area (TPSA) is 27.1 Å². The predicted molar refractivity (Wildman–Crippen MR) is 69.9 cm³/mol. The van der Waals surface area contributed by atoms with Gasteiger partial charge in [-0.3, -0.25) is 0 Å². The van der Waals surface area contributed by atoms with Crippen LogP contribution in [0.1, 0.15) is 32.2 Å². The van der Waals surface area contributed by atoms with Crippen molar-refractivity contribution in [3.63, 3.8) is 0 Å². The van der Waals surface area contributed by atoms with Crippen LogP contribution in [-0.2, 0) is 18.1 Å². The lowest BCUT2D eigenvalue weighted by molar-refractivity contribution is 0.271. The average Bonchev–Trinajstić information content (AvgIpc) is 2.43. The number of aryl methyl sites for hydroxylation is 1. The number of aromatic nitrogens is 2. The van der Waals surface area contributed by atoms with Crippen molar-refractivity contribution in [3.8, 4) is 0 Å². The number of rotatable bonds is 3. The van der Waals surface area contributed by atoms with E-state index < -0.39 is 8.32 Å². The van der Waals surface area contributed by atoms with Gasteiger partial charge in [0.2, 0.25) is 0 Å². The molecule has 0 fully saturated rings. The molecule has 0 saturated heterocycles. The summed E-state index contributed by atoms with van der Waals surface area (Å²) in [6.07, 6.45) is 1.85. The number of hydrogen-bond donors (Lipinski definition) is 0. The predicted octanol–water partition coefficient (Wildman–Crippen LogP) is 3.25. The van der Waals surface area contributed by atoms with Gasteiger partial charge in [0, 0.05) is 12.7 Å². The molecule has 0 saturated carbocycles. The third kappa shape index (κ3) is 2.74. The smallest absolute Gasteiger partial charge is 0.192 e. The van der Waals surface area contributed by atoms with Gasteiger partial charge >= 0.3 is 0 Å². The van der Waals surface area contributed by atoms with Gasteiger partial charge in [0.15, 0.2) is 8.32 Å². The van der Waals surface area contributed by atoms with Crippen LogP contribution in [0.3, 0.4) is 0 Å². The van der Waals surface area contributed by atoms with Crippen LogP contribution in [0.5, 0.6) is 0 Å². The normalized spacial score (nSPS) is 13.2. The van der Waals surface area contributed by atoms with Gasteiger partial charge in [-0.25, -0.2) is 4.98 Å². The monoisotopic (exact) mass is 240 g/mol. The SMILES string of the molecule is Cc1c(CO[Si](C)(C)C(C)(C)C)ncn1C. The molecule has 0 aromatic carbocycles. The molecule has 0 aliphatic carbocycles. The highest BCUT2D eigenvalue weighted by molar-refractivity contribution is 6.74. The molecule has 16 heavy (non-hydrogen) atoms. The van der Waals surface area contributed by atoms with Crippen molar-refractivity contribution in [1.82, 2.24) is 9.55 Å². The first-order chi connectivity index (χ1) is 7.15. The summed E-state index contributed by atoms with van der Waals surface area (Å²) in [7, 11) is 0.361. The van der Waals surface area contributed by atoms with Gasteiger partial charge in [-0.1, -0.05) is 20.8 Å². The Morgan fingerprint density at radius 1 is 1.38 bits per heavy atom. The lowest BCUT2D eigenvalue weighted by Crippen LogP contribution is -2.40.